The molecule has 0 bridgehead atoms. The highest BCUT2D eigenvalue weighted by atomic mass is 19.2. The summed E-state index contributed by atoms with van der Waals surface area (Å²) in [5.74, 6) is -2.35. The van der Waals surface area contributed by atoms with Gasteiger partial charge in [-0.3, -0.25) is 14.5 Å². The SMILES string of the molecule is CCN1CCC[C@H]1CN(CCC(=O)N1CCNCC1)C(=O)c1ccc(F)c(F)c1. The third-order valence-corrected chi connectivity index (χ3v) is 5.86. The molecule has 2 amide bonds. The van der Waals surface area contributed by atoms with Crippen molar-refractivity contribution in [2.45, 2.75) is 32.2 Å². The molecular weight excluding hydrogens is 378 g/mol. The third kappa shape index (κ3) is 5.51. The molecule has 2 fully saturated rings. The largest absolute Gasteiger partial charge is 0.340 e. The summed E-state index contributed by atoms with van der Waals surface area (Å²) in [4.78, 5) is 31.4. The van der Waals surface area contributed by atoms with Gasteiger partial charge in [-0.2, -0.15) is 0 Å². The van der Waals surface area contributed by atoms with Crippen LogP contribution in [0, 0.1) is 11.6 Å². The first kappa shape index (κ1) is 21.6. The van der Waals surface area contributed by atoms with Crippen LogP contribution in [-0.4, -0.2) is 84.9 Å². The predicted molar refractivity (Wildman–Crippen MR) is 107 cm³/mol. The van der Waals surface area contributed by atoms with Crippen molar-refractivity contribution in [3.05, 3.63) is 35.4 Å². The number of likely N-dealkylation sites (tertiary alicyclic amines) is 1. The quantitative estimate of drug-likeness (QED) is 0.747. The topological polar surface area (TPSA) is 55.9 Å². The summed E-state index contributed by atoms with van der Waals surface area (Å²) in [5, 5.41) is 3.21. The molecule has 1 aromatic carbocycles. The van der Waals surface area contributed by atoms with E-state index in [1.54, 1.807) is 4.90 Å². The molecule has 0 spiro atoms. The van der Waals surface area contributed by atoms with E-state index in [0.29, 0.717) is 19.6 Å². The highest BCUT2D eigenvalue weighted by Gasteiger charge is 2.28. The Labute approximate surface area is 170 Å². The molecule has 1 aromatic rings. The number of rotatable bonds is 7. The van der Waals surface area contributed by atoms with Gasteiger partial charge in [-0.05, 0) is 44.1 Å². The molecule has 1 atom stereocenters. The average molecular weight is 408 g/mol. The minimum absolute atomic E-state index is 0.0216. The second-order valence-electron chi connectivity index (χ2n) is 7.69. The Balaban J connectivity index is 1.70. The minimum Gasteiger partial charge on any atom is -0.340 e. The number of halogens is 2. The van der Waals surface area contributed by atoms with Crippen molar-refractivity contribution in [3.8, 4) is 0 Å². The molecular formula is C21H30F2N4O2. The van der Waals surface area contributed by atoms with E-state index in [2.05, 4.69) is 17.1 Å². The van der Waals surface area contributed by atoms with Crippen molar-refractivity contribution < 1.29 is 18.4 Å². The number of carbonyl (C=O) groups excluding carboxylic acids is 2. The average Bonchev–Trinajstić information content (AvgIpc) is 3.20. The van der Waals surface area contributed by atoms with Crippen LogP contribution in [0.3, 0.4) is 0 Å². The van der Waals surface area contributed by atoms with Crippen LogP contribution in [0.4, 0.5) is 8.78 Å². The molecule has 0 aliphatic carbocycles. The standard InChI is InChI=1S/C21H30F2N4O2/c1-2-25-10-3-4-17(25)15-27(11-7-20(28)26-12-8-24-9-13-26)21(29)16-5-6-18(22)19(23)14-16/h5-6,14,17,24H,2-4,7-13,15H2,1H3/t17-/m0/s1. The van der Waals surface area contributed by atoms with Crippen LogP contribution in [-0.2, 0) is 4.79 Å². The molecule has 2 saturated heterocycles. The zero-order valence-corrected chi connectivity index (χ0v) is 17.0. The Morgan fingerprint density at radius 1 is 1.17 bits per heavy atom. The fourth-order valence-electron chi connectivity index (χ4n) is 4.16. The molecule has 8 heteroatoms. The lowest BCUT2D eigenvalue weighted by Gasteiger charge is -2.32. The molecule has 0 aromatic heterocycles. The number of hydrogen-bond donors (Lipinski definition) is 1. The van der Waals surface area contributed by atoms with E-state index in [0.717, 1.165) is 51.2 Å². The van der Waals surface area contributed by atoms with Gasteiger partial charge in [0, 0.05) is 57.3 Å². The second-order valence-corrected chi connectivity index (χ2v) is 7.69. The summed E-state index contributed by atoms with van der Waals surface area (Å²) in [6.45, 7) is 7.63. The molecule has 0 unspecified atom stereocenters. The summed E-state index contributed by atoms with van der Waals surface area (Å²) in [5.41, 5.74) is 0.111. The van der Waals surface area contributed by atoms with Crippen molar-refractivity contribution in [2.24, 2.45) is 0 Å². The normalized spacial score (nSPS) is 20.1. The Morgan fingerprint density at radius 3 is 2.62 bits per heavy atom. The molecule has 29 heavy (non-hydrogen) atoms. The van der Waals surface area contributed by atoms with Gasteiger partial charge in [0.25, 0.3) is 5.91 Å². The van der Waals surface area contributed by atoms with Crippen molar-refractivity contribution in [1.82, 2.24) is 20.0 Å². The maximum Gasteiger partial charge on any atom is 0.254 e. The van der Waals surface area contributed by atoms with E-state index in [4.69, 9.17) is 0 Å². The number of piperazine rings is 1. The Bertz CT molecular complexity index is 725. The molecule has 2 aliphatic heterocycles. The van der Waals surface area contributed by atoms with Crippen molar-refractivity contribution in [1.29, 1.82) is 0 Å². The highest BCUT2D eigenvalue weighted by Crippen LogP contribution is 2.20. The summed E-state index contributed by atoms with van der Waals surface area (Å²) in [6.07, 6.45) is 2.29. The lowest BCUT2D eigenvalue weighted by atomic mass is 10.1. The van der Waals surface area contributed by atoms with E-state index in [1.165, 1.54) is 6.07 Å². The van der Waals surface area contributed by atoms with Gasteiger partial charge in [-0.15, -0.1) is 0 Å². The molecule has 1 N–H and O–H groups in total. The van der Waals surface area contributed by atoms with E-state index in [-0.39, 0.29) is 36.4 Å². The van der Waals surface area contributed by atoms with Crippen molar-refractivity contribution in [3.63, 3.8) is 0 Å². The van der Waals surface area contributed by atoms with Crippen molar-refractivity contribution in [2.75, 3.05) is 52.4 Å². The Hall–Kier alpha value is -2.06. The monoisotopic (exact) mass is 408 g/mol. The Morgan fingerprint density at radius 2 is 1.93 bits per heavy atom. The molecule has 6 nitrogen and oxygen atoms in total. The van der Waals surface area contributed by atoms with E-state index in [1.807, 2.05) is 4.90 Å². The van der Waals surface area contributed by atoms with E-state index >= 15 is 0 Å². The molecule has 2 aliphatic rings. The maximum atomic E-state index is 13.7. The fourth-order valence-corrected chi connectivity index (χ4v) is 4.16. The minimum atomic E-state index is -1.04. The zero-order valence-electron chi connectivity index (χ0n) is 17.0. The Kier molecular flexibility index (Phi) is 7.55. The molecule has 0 radical (unpaired) electrons. The number of nitrogens with zero attached hydrogens (tertiary/aromatic N) is 3. The van der Waals surface area contributed by atoms with Gasteiger partial charge >= 0.3 is 0 Å². The number of nitrogens with one attached hydrogen (secondary N) is 1. The first-order valence-corrected chi connectivity index (χ1v) is 10.5. The summed E-state index contributed by atoms with van der Waals surface area (Å²) in [6, 6.07) is 3.44. The summed E-state index contributed by atoms with van der Waals surface area (Å²) < 4.78 is 26.9. The van der Waals surface area contributed by atoms with Gasteiger partial charge in [0.1, 0.15) is 0 Å². The van der Waals surface area contributed by atoms with Gasteiger partial charge in [-0.25, -0.2) is 8.78 Å². The molecule has 2 heterocycles. The van der Waals surface area contributed by atoms with Gasteiger partial charge in [0.05, 0.1) is 0 Å². The number of carbonyl (C=O) groups is 2. The lowest BCUT2D eigenvalue weighted by molar-refractivity contribution is -0.132. The molecule has 3 rings (SSSR count). The summed E-state index contributed by atoms with van der Waals surface area (Å²) in [7, 11) is 0. The van der Waals surface area contributed by atoms with E-state index in [9.17, 15) is 18.4 Å². The van der Waals surface area contributed by atoms with Crippen LogP contribution in [0.25, 0.3) is 0 Å². The molecule has 0 saturated carbocycles. The summed E-state index contributed by atoms with van der Waals surface area (Å²) >= 11 is 0. The van der Waals surface area contributed by atoms with Crippen LogP contribution in [0.15, 0.2) is 18.2 Å². The smallest absolute Gasteiger partial charge is 0.254 e. The van der Waals surface area contributed by atoms with Crippen LogP contribution < -0.4 is 5.32 Å². The number of amides is 2. The predicted octanol–water partition coefficient (Wildman–Crippen LogP) is 1.71. The van der Waals surface area contributed by atoms with Gasteiger partial charge < -0.3 is 15.1 Å². The van der Waals surface area contributed by atoms with Gasteiger partial charge in [0.2, 0.25) is 5.91 Å². The van der Waals surface area contributed by atoms with Crippen molar-refractivity contribution >= 4 is 11.8 Å². The molecule has 160 valence electrons. The van der Waals surface area contributed by atoms with Crippen LogP contribution >= 0.6 is 0 Å². The van der Waals surface area contributed by atoms with Gasteiger partial charge in [-0.1, -0.05) is 6.92 Å². The van der Waals surface area contributed by atoms with Crippen LogP contribution in [0.1, 0.15) is 36.5 Å². The first-order chi connectivity index (χ1) is 14.0. The van der Waals surface area contributed by atoms with E-state index < -0.39 is 11.6 Å². The third-order valence-electron chi connectivity index (χ3n) is 5.86. The fraction of sp³-hybridized carbons (Fsp3) is 0.619. The lowest BCUT2D eigenvalue weighted by Crippen LogP contribution is -2.48. The maximum absolute atomic E-state index is 13.7. The van der Waals surface area contributed by atoms with Crippen LogP contribution in [0.2, 0.25) is 0 Å². The highest BCUT2D eigenvalue weighted by molar-refractivity contribution is 5.94. The van der Waals surface area contributed by atoms with Crippen LogP contribution in [0.5, 0.6) is 0 Å². The van der Waals surface area contributed by atoms with Gasteiger partial charge in [0.15, 0.2) is 11.6 Å². The first-order valence-electron chi connectivity index (χ1n) is 10.5. The number of hydrogen-bond acceptors (Lipinski definition) is 4. The number of likely N-dealkylation sites (N-methyl/N-ethyl adjacent to an activating group) is 1. The second kappa shape index (κ2) is 10.1. The number of benzene rings is 1. The zero-order chi connectivity index (χ0) is 20.8.